The maximum atomic E-state index is 12.4. The Bertz CT molecular complexity index is 1080. The first-order valence-corrected chi connectivity index (χ1v) is 10.3. The van der Waals surface area contributed by atoms with E-state index < -0.39 is 0 Å². The van der Waals surface area contributed by atoms with Crippen molar-refractivity contribution in [3.63, 3.8) is 0 Å². The summed E-state index contributed by atoms with van der Waals surface area (Å²) >= 11 is 6.39. The van der Waals surface area contributed by atoms with Crippen molar-refractivity contribution in [2.75, 3.05) is 32.6 Å². The van der Waals surface area contributed by atoms with Crippen LogP contribution in [0.5, 0.6) is 23.1 Å². The van der Waals surface area contributed by atoms with Crippen molar-refractivity contribution in [1.82, 2.24) is 14.9 Å². The number of rotatable bonds is 8. The summed E-state index contributed by atoms with van der Waals surface area (Å²) in [5, 5.41) is 3.85. The van der Waals surface area contributed by atoms with Gasteiger partial charge < -0.3 is 24.4 Å². The maximum Gasteiger partial charge on any atom is 0.321 e. The number of nitrogens with zero attached hydrogens (tertiary/aromatic N) is 3. The van der Waals surface area contributed by atoms with Gasteiger partial charge in [0, 0.05) is 25.2 Å². The Morgan fingerprint density at radius 3 is 2.48 bits per heavy atom. The van der Waals surface area contributed by atoms with Gasteiger partial charge in [0.15, 0.2) is 11.5 Å². The number of anilines is 1. The molecule has 1 aromatic heterocycles. The van der Waals surface area contributed by atoms with Crippen molar-refractivity contribution in [2.45, 2.75) is 20.3 Å². The lowest BCUT2D eigenvalue weighted by Crippen LogP contribution is -2.35. The van der Waals surface area contributed by atoms with Crippen LogP contribution in [-0.2, 0) is 0 Å². The van der Waals surface area contributed by atoms with Crippen molar-refractivity contribution < 1.29 is 19.0 Å². The van der Waals surface area contributed by atoms with Gasteiger partial charge in [0.05, 0.1) is 35.8 Å². The lowest BCUT2D eigenvalue weighted by Gasteiger charge is -2.21. The van der Waals surface area contributed by atoms with Gasteiger partial charge in [0.1, 0.15) is 12.1 Å². The van der Waals surface area contributed by atoms with E-state index in [-0.39, 0.29) is 6.03 Å². The summed E-state index contributed by atoms with van der Waals surface area (Å²) in [5.41, 5.74) is 1.15. The van der Waals surface area contributed by atoms with Crippen LogP contribution in [0.25, 0.3) is 10.9 Å². The second-order valence-electron chi connectivity index (χ2n) is 6.66. The van der Waals surface area contributed by atoms with E-state index in [1.54, 1.807) is 49.5 Å². The third-order valence-corrected chi connectivity index (χ3v) is 4.98. The van der Waals surface area contributed by atoms with Crippen LogP contribution in [0.3, 0.4) is 0 Å². The molecule has 0 fully saturated rings. The molecule has 3 aromatic rings. The summed E-state index contributed by atoms with van der Waals surface area (Å²) in [6.07, 6.45) is 2.29. The van der Waals surface area contributed by atoms with Crippen molar-refractivity contribution >= 4 is 34.2 Å². The molecule has 2 amide bonds. The van der Waals surface area contributed by atoms with Crippen LogP contribution in [0.2, 0.25) is 5.02 Å². The number of urea groups is 1. The Balaban J connectivity index is 1.84. The molecule has 0 unspecified atom stereocenters. The number of aromatic nitrogens is 2. The molecular formula is C22H25ClN4O4. The van der Waals surface area contributed by atoms with Crippen molar-refractivity contribution in [1.29, 1.82) is 0 Å². The third kappa shape index (κ3) is 5.08. The summed E-state index contributed by atoms with van der Waals surface area (Å²) in [6, 6.07) is 8.36. The highest BCUT2D eigenvalue weighted by atomic mass is 35.5. The molecule has 9 heteroatoms. The van der Waals surface area contributed by atoms with Crippen molar-refractivity contribution in [3.8, 4) is 23.1 Å². The monoisotopic (exact) mass is 444 g/mol. The zero-order valence-corrected chi connectivity index (χ0v) is 18.7. The number of carbonyl (C=O) groups is 1. The van der Waals surface area contributed by atoms with Crippen LogP contribution < -0.4 is 19.5 Å². The number of halogens is 1. The molecule has 0 saturated heterocycles. The molecule has 31 heavy (non-hydrogen) atoms. The van der Waals surface area contributed by atoms with Gasteiger partial charge in [-0.05, 0) is 31.5 Å². The van der Waals surface area contributed by atoms with Crippen LogP contribution in [0.15, 0.2) is 36.7 Å². The molecule has 0 aliphatic rings. The van der Waals surface area contributed by atoms with Gasteiger partial charge in [-0.25, -0.2) is 14.8 Å². The van der Waals surface area contributed by atoms with Crippen LogP contribution in [0.1, 0.15) is 20.3 Å². The molecule has 1 heterocycles. The number of amides is 2. The van der Waals surface area contributed by atoms with Crippen LogP contribution in [-0.4, -0.2) is 48.2 Å². The van der Waals surface area contributed by atoms with Gasteiger partial charge in [-0.15, -0.1) is 0 Å². The molecule has 3 rings (SSSR count). The van der Waals surface area contributed by atoms with Gasteiger partial charge in [0.25, 0.3) is 0 Å². The summed E-state index contributed by atoms with van der Waals surface area (Å²) in [4.78, 5) is 22.6. The molecule has 0 aliphatic heterocycles. The lowest BCUT2D eigenvalue weighted by molar-refractivity contribution is 0.214. The Labute approximate surface area is 186 Å². The SMILES string of the molecule is CCCN(CC)C(=O)Nc1ccc(Oc2ncnc3cc(OC)c(OC)cc23)cc1Cl. The second kappa shape index (κ2) is 10.2. The zero-order valence-electron chi connectivity index (χ0n) is 17.9. The number of hydrogen-bond donors (Lipinski definition) is 1. The first kappa shape index (κ1) is 22.4. The fraction of sp³-hybridized carbons (Fsp3) is 0.318. The van der Waals surface area contributed by atoms with E-state index >= 15 is 0 Å². The number of fused-ring (bicyclic) bond motifs is 1. The molecule has 164 valence electrons. The van der Waals surface area contributed by atoms with Gasteiger partial charge in [-0.2, -0.15) is 0 Å². The lowest BCUT2D eigenvalue weighted by atomic mass is 10.2. The molecule has 0 saturated carbocycles. The molecule has 1 N–H and O–H groups in total. The number of methoxy groups -OCH3 is 2. The summed E-state index contributed by atoms with van der Waals surface area (Å²) in [7, 11) is 3.12. The van der Waals surface area contributed by atoms with E-state index in [0.717, 1.165) is 6.42 Å². The highest BCUT2D eigenvalue weighted by Crippen LogP contribution is 2.36. The molecular weight excluding hydrogens is 420 g/mol. The topological polar surface area (TPSA) is 85.8 Å². The van der Waals surface area contributed by atoms with E-state index in [0.29, 0.717) is 57.8 Å². The van der Waals surface area contributed by atoms with E-state index in [1.807, 2.05) is 13.8 Å². The second-order valence-corrected chi connectivity index (χ2v) is 7.06. The van der Waals surface area contributed by atoms with Gasteiger partial charge in [0.2, 0.25) is 5.88 Å². The number of hydrogen-bond acceptors (Lipinski definition) is 6. The van der Waals surface area contributed by atoms with Crippen molar-refractivity contribution in [2.24, 2.45) is 0 Å². The van der Waals surface area contributed by atoms with E-state index in [2.05, 4.69) is 15.3 Å². The number of nitrogens with one attached hydrogen (secondary N) is 1. The quantitative estimate of drug-likeness (QED) is 0.503. The Kier molecular flexibility index (Phi) is 7.36. The third-order valence-electron chi connectivity index (χ3n) is 4.66. The largest absolute Gasteiger partial charge is 0.493 e. The minimum atomic E-state index is -0.192. The first-order valence-electron chi connectivity index (χ1n) is 9.90. The molecule has 0 radical (unpaired) electrons. The van der Waals surface area contributed by atoms with Crippen LogP contribution >= 0.6 is 11.6 Å². The Hall–Kier alpha value is -3.26. The number of benzene rings is 2. The minimum absolute atomic E-state index is 0.192. The predicted octanol–water partition coefficient (Wildman–Crippen LogP) is 5.36. The maximum absolute atomic E-state index is 12.4. The number of ether oxygens (including phenoxy) is 3. The predicted molar refractivity (Wildman–Crippen MR) is 121 cm³/mol. The molecule has 2 aromatic carbocycles. The molecule has 0 atom stereocenters. The minimum Gasteiger partial charge on any atom is -0.493 e. The average molecular weight is 445 g/mol. The van der Waals surface area contributed by atoms with Crippen LogP contribution in [0, 0.1) is 0 Å². The summed E-state index contributed by atoms with van der Waals surface area (Å²) < 4.78 is 16.6. The molecule has 8 nitrogen and oxygen atoms in total. The average Bonchev–Trinajstić information content (AvgIpc) is 2.78. The zero-order chi connectivity index (χ0) is 22.4. The molecule has 0 bridgehead atoms. The number of carbonyl (C=O) groups excluding carboxylic acids is 1. The smallest absolute Gasteiger partial charge is 0.321 e. The fourth-order valence-corrected chi connectivity index (χ4v) is 3.30. The summed E-state index contributed by atoms with van der Waals surface area (Å²) in [6.45, 7) is 5.26. The van der Waals surface area contributed by atoms with E-state index in [9.17, 15) is 4.79 Å². The van der Waals surface area contributed by atoms with Crippen molar-refractivity contribution in [3.05, 3.63) is 41.7 Å². The highest BCUT2D eigenvalue weighted by Gasteiger charge is 2.15. The fourth-order valence-electron chi connectivity index (χ4n) is 3.08. The normalized spacial score (nSPS) is 10.6. The van der Waals surface area contributed by atoms with Gasteiger partial charge in [-0.3, -0.25) is 0 Å². The Morgan fingerprint density at radius 1 is 1.10 bits per heavy atom. The Morgan fingerprint density at radius 2 is 1.84 bits per heavy atom. The van der Waals surface area contributed by atoms with Gasteiger partial charge >= 0.3 is 6.03 Å². The molecule has 0 spiro atoms. The standard InChI is InChI=1S/C22H25ClN4O4/c1-5-9-27(6-2)22(28)26-17-8-7-14(10-16(17)23)31-21-15-11-19(29-3)20(30-4)12-18(15)24-13-25-21/h7-8,10-13H,5-6,9H2,1-4H3,(H,26,28). The first-order chi connectivity index (χ1) is 15.0. The highest BCUT2D eigenvalue weighted by molar-refractivity contribution is 6.33. The van der Waals surface area contributed by atoms with E-state index in [4.69, 9.17) is 25.8 Å². The summed E-state index contributed by atoms with van der Waals surface area (Å²) in [5.74, 6) is 1.92. The van der Waals surface area contributed by atoms with Crippen LogP contribution in [0.4, 0.5) is 10.5 Å². The molecule has 0 aliphatic carbocycles. The van der Waals surface area contributed by atoms with Gasteiger partial charge in [-0.1, -0.05) is 18.5 Å². The van der Waals surface area contributed by atoms with E-state index in [1.165, 1.54) is 6.33 Å².